The van der Waals surface area contributed by atoms with Crippen LogP contribution in [0.5, 0.6) is 0 Å². The summed E-state index contributed by atoms with van der Waals surface area (Å²) in [6.45, 7) is 7.05. The van der Waals surface area contributed by atoms with Crippen molar-refractivity contribution in [3.63, 3.8) is 0 Å². The largest absolute Gasteiger partial charge is 0.376 e. The van der Waals surface area contributed by atoms with E-state index in [0.717, 1.165) is 51.1 Å². The predicted molar refractivity (Wildman–Crippen MR) is 104 cm³/mol. The van der Waals surface area contributed by atoms with Gasteiger partial charge in [-0.05, 0) is 30.9 Å². The van der Waals surface area contributed by atoms with Gasteiger partial charge in [0.25, 0.3) is 0 Å². The summed E-state index contributed by atoms with van der Waals surface area (Å²) < 4.78 is 5.59. The fourth-order valence-corrected chi connectivity index (χ4v) is 3.77. The van der Waals surface area contributed by atoms with Gasteiger partial charge < -0.3 is 15.0 Å². The first kappa shape index (κ1) is 19.8. The number of nitrogens with one attached hydrogen (secondary N) is 1. The Morgan fingerprint density at radius 2 is 2.07 bits per heavy atom. The highest BCUT2D eigenvalue weighted by Crippen LogP contribution is 2.13. The van der Waals surface area contributed by atoms with Crippen molar-refractivity contribution < 1.29 is 14.3 Å². The minimum atomic E-state index is -0.0855. The lowest BCUT2D eigenvalue weighted by atomic mass is 10.1. The van der Waals surface area contributed by atoms with E-state index >= 15 is 0 Å². The van der Waals surface area contributed by atoms with Crippen molar-refractivity contribution in [2.24, 2.45) is 0 Å². The van der Waals surface area contributed by atoms with Crippen molar-refractivity contribution in [1.82, 2.24) is 15.1 Å². The maximum atomic E-state index is 12.3. The average Bonchev–Trinajstić information content (AvgIpc) is 2.85. The predicted octanol–water partition coefficient (Wildman–Crippen LogP) is 1.93. The molecule has 2 amide bonds. The molecule has 1 atom stereocenters. The molecule has 6 heteroatoms. The standard InChI is InChI=1S/C21H31N3O3/c1-17-14-23(10-11-27-17)15-19-7-5-6-18(12-19)13-22-20(25)16-24-9-4-2-3-8-21(24)26/h5-7,12,17H,2-4,8-11,13-16H2,1H3,(H,22,25). The summed E-state index contributed by atoms with van der Waals surface area (Å²) in [6, 6.07) is 8.35. The summed E-state index contributed by atoms with van der Waals surface area (Å²) in [4.78, 5) is 28.4. The topological polar surface area (TPSA) is 61.9 Å². The molecule has 1 aromatic carbocycles. The van der Waals surface area contributed by atoms with Crippen LogP contribution in [0, 0.1) is 0 Å². The molecule has 0 aliphatic carbocycles. The van der Waals surface area contributed by atoms with Crippen LogP contribution in [0.4, 0.5) is 0 Å². The van der Waals surface area contributed by atoms with Gasteiger partial charge in [-0.3, -0.25) is 14.5 Å². The number of hydrogen-bond acceptors (Lipinski definition) is 4. The Balaban J connectivity index is 1.47. The molecule has 2 aliphatic heterocycles. The summed E-state index contributed by atoms with van der Waals surface area (Å²) in [7, 11) is 0. The lowest BCUT2D eigenvalue weighted by Gasteiger charge is -2.31. The minimum absolute atomic E-state index is 0.0855. The number of ether oxygens (including phenoxy) is 1. The molecule has 27 heavy (non-hydrogen) atoms. The Labute approximate surface area is 161 Å². The van der Waals surface area contributed by atoms with Crippen LogP contribution in [-0.2, 0) is 27.4 Å². The van der Waals surface area contributed by atoms with Gasteiger partial charge in [0.1, 0.15) is 0 Å². The molecule has 2 saturated heterocycles. The second-order valence-electron chi connectivity index (χ2n) is 7.64. The number of carbonyl (C=O) groups is 2. The second-order valence-corrected chi connectivity index (χ2v) is 7.64. The number of carbonyl (C=O) groups excluding carboxylic acids is 2. The van der Waals surface area contributed by atoms with Crippen molar-refractivity contribution in [2.45, 2.75) is 51.8 Å². The number of benzene rings is 1. The number of hydrogen-bond donors (Lipinski definition) is 1. The summed E-state index contributed by atoms with van der Waals surface area (Å²) in [5.41, 5.74) is 2.34. The number of nitrogens with zero attached hydrogens (tertiary/aromatic N) is 2. The molecular formula is C21H31N3O3. The molecule has 2 heterocycles. The molecular weight excluding hydrogens is 342 g/mol. The van der Waals surface area contributed by atoms with E-state index in [1.807, 2.05) is 12.1 Å². The number of amides is 2. The first-order valence-corrected chi connectivity index (χ1v) is 10.1. The third kappa shape index (κ3) is 6.33. The van der Waals surface area contributed by atoms with Crippen LogP contribution in [0.1, 0.15) is 43.7 Å². The lowest BCUT2D eigenvalue weighted by molar-refractivity contribution is -0.135. The van der Waals surface area contributed by atoms with E-state index in [0.29, 0.717) is 19.5 Å². The first-order chi connectivity index (χ1) is 13.1. The van der Waals surface area contributed by atoms with Gasteiger partial charge in [0.15, 0.2) is 0 Å². The second kappa shape index (κ2) is 9.85. The quantitative estimate of drug-likeness (QED) is 0.828. The van der Waals surface area contributed by atoms with Crippen LogP contribution >= 0.6 is 0 Å². The molecule has 1 unspecified atom stereocenters. The van der Waals surface area contributed by atoms with Crippen LogP contribution in [0.2, 0.25) is 0 Å². The normalized spacial score (nSPS) is 21.7. The molecule has 1 aromatic rings. The molecule has 0 spiro atoms. The maximum absolute atomic E-state index is 12.3. The third-order valence-corrected chi connectivity index (χ3v) is 5.22. The molecule has 3 rings (SSSR count). The fourth-order valence-electron chi connectivity index (χ4n) is 3.77. The molecule has 0 radical (unpaired) electrons. The van der Waals surface area contributed by atoms with Gasteiger partial charge in [-0.1, -0.05) is 30.7 Å². The Morgan fingerprint density at radius 1 is 1.22 bits per heavy atom. The van der Waals surface area contributed by atoms with Gasteiger partial charge in [-0.25, -0.2) is 0 Å². The van der Waals surface area contributed by atoms with E-state index in [1.165, 1.54) is 5.56 Å². The Bertz CT molecular complexity index is 649. The Morgan fingerprint density at radius 3 is 2.93 bits per heavy atom. The number of rotatable bonds is 6. The third-order valence-electron chi connectivity index (χ3n) is 5.22. The molecule has 1 N–H and O–H groups in total. The molecule has 2 fully saturated rings. The summed E-state index contributed by atoms with van der Waals surface area (Å²) in [6.07, 6.45) is 3.84. The van der Waals surface area contributed by atoms with Crippen molar-refractivity contribution in [1.29, 1.82) is 0 Å². The molecule has 0 saturated carbocycles. The van der Waals surface area contributed by atoms with E-state index in [9.17, 15) is 9.59 Å². The zero-order valence-corrected chi connectivity index (χ0v) is 16.3. The van der Waals surface area contributed by atoms with Crippen molar-refractivity contribution in [3.05, 3.63) is 35.4 Å². The Kier molecular flexibility index (Phi) is 7.24. The van der Waals surface area contributed by atoms with Gasteiger partial charge in [-0.2, -0.15) is 0 Å². The van der Waals surface area contributed by atoms with Crippen LogP contribution in [0.15, 0.2) is 24.3 Å². The van der Waals surface area contributed by atoms with Gasteiger partial charge in [0.05, 0.1) is 19.3 Å². The molecule has 148 valence electrons. The SMILES string of the molecule is CC1CN(Cc2cccc(CNC(=O)CN3CCCCCC3=O)c2)CCO1. The molecule has 6 nitrogen and oxygen atoms in total. The summed E-state index contributed by atoms with van der Waals surface area (Å²) in [5, 5.41) is 2.96. The summed E-state index contributed by atoms with van der Waals surface area (Å²) >= 11 is 0. The van der Waals surface area contributed by atoms with Gasteiger partial charge in [0.2, 0.25) is 11.8 Å². The Hall–Kier alpha value is -1.92. The monoisotopic (exact) mass is 373 g/mol. The molecule has 0 bridgehead atoms. The first-order valence-electron chi connectivity index (χ1n) is 10.1. The number of likely N-dealkylation sites (tertiary alicyclic amines) is 1. The number of morpholine rings is 1. The van der Waals surface area contributed by atoms with Crippen molar-refractivity contribution >= 4 is 11.8 Å². The minimum Gasteiger partial charge on any atom is -0.376 e. The fraction of sp³-hybridized carbons (Fsp3) is 0.619. The van der Waals surface area contributed by atoms with E-state index in [2.05, 4.69) is 29.3 Å². The van der Waals surface area contributed by atoms with E-state index in [4.69, 9.17) is 4.74 Å². The van der Waals surface area contributed by atoms with Gasteiger partial charge in [0, 0.05) is 39.1 Å². The van der Waals surface area contributed by atoms with E-state index in [-0.39, 0.29) is 24.5 Å². The zero-order valence-electron chi connectivity index (χ0n) is 16.3. The van der Waals surface area contributed by atoms with E-state index < -0.39 is 0 Å². The molecule has 2 aliphatic rings. The van der Waals surface area contributed by atoms with Crippen molar-refractivity contribution in [3.8, 4) is 0 Å². The smallest absolute Gasteiger partial charge is 0.239 e. The highest BCUT2D eigenvalue weighted by Gasteiger charge is 2.19. The van der Waals surface area contributed by atoms with Gasteiger partial charge in [-0.15, -0.1) is 0 Å². The average molecular weight is 373 g/mol. The maximum Gasteiger partial charge on any atom is 0.239 e. The highest BCUT2D eigenvalue weighted by atomic mass is 16.5. The van der Waals surface area contributed by atoms with Crippen LogP contribution in [0.25, 0.3) is 0 Å². The van der Waals surface area contributed by atoms with Crippen LogP contribution < -0.4 is 5.32 Å². The van der Waals surface area contributed by atoms with Crippen molar-refractivity contribution in [2.75, 3.05) is 32.8 Å². The summed E-state index contributed by atoms with van der Waals surface area (Å²) in [5.74, 6) is 0.0158. The van der Waals surface area contributed by atoms with Gasteiger partial charge >= 0.3 is 0 Å². The molecule has 0 aromatic heterocycles. The van der Waals surface area contributed by atoms with E-state index in [1.54, 1.807) is 4.90 Å². The van der Waals surface area contributed by atoms with Crippen LogP contribution in [0.3, 0.4) is 0 Å². The lowest BCUT2D eigenvalue weighted by Crippen LogP contribution is -2.40. The van der Waals surface area contributed by atoms with Crippen LogP contribution in [-0.4, -0.2) is 60.5 Å². The highest BCUT2D eigenvalue weighted by molar-refractivity contribution is 5.84. The zero-order chi connectivity index (χ0) is 19.1.